The molecule has 0 aliphatic carbocycles. The molecule has 5 amide bonds. The molecule has 2 unspecified atom stereocenters. The number of Topliss-reactive ketones (excluding diaryl/α,β-unsaturated/α-hetero) is 3. The number of nitrogens with one attached hydrogen (secondary N) is 3. The van der Waals surface area contributed by atoms with Gasteiger partial charge in [0.25, 0.3) is 11.7 Å². The second-order valence-electron chi connectivity index (χ2n) is 18.2. The molecule has 0 aromatic heterocycles. The molecule has 0 saturated carbocycles. The van der Waals surface area contributed by atoms with Crippen molar-refractivity contribution < 1.29 is 57.7 Å². The fourth-order valence-electron chi connectivity index (χ4n) is 8.31. The fourth-order valence-corrected chi connectivity index (χ4v) is 8.31. The van der Waals surface area contributed by atoms with Gasteiger partial charge in [-0.15, -0.1) is 0 Å². The summed E-state index contributed by atoms with van der Waals surface area (Å²) in [7, 11) is 2.94. The molecule has 0 radical (unpaired) electrons. The predicted molar refractivity (Wildman–Crippen MR) is 270 cm³/mol. The van der Waals surface area contributed by atoms with Gasteiger partial charge < -0.3 is 40.3 Å². The van der Waals surface area contributed by atoms with Crippen LogP contribution in [0.25, 0.3) is 0 Å². The Hall–Kier alpha value is -7.43. The first-order chi connectivity index (χ1) is 34.5. The summed E-state index contributed by atoms with van der Waals surface area (Å²) in [5.74, 6) is -6.20. The standard InChI is InChI=1S/C55H69N5O12/c1-6-30-72-47-33-40(27-28-46(47)71-5)52(67)55(70)60-29-17-16-23-44(60)45(62)32-41(26-25-38-18-10-7-11-19-38)53(68)56-35-48(63)58-51(37(2)3)54(69)57-42(31-39-20-12-8-13-21-39)34-49(64)59(4)36-43(61)22-14-9-15-24-50(65)66/h6-13,15,18-21,27-28,33,37,41-42,44,51H,1,14,16-17,22-26,29-32,34-36H2,2-5H3,(H,56,68)(H,57,69)(H,58,63)(H,65,66)/b15-9+/t41-,42?,44-,51?/m0/s1. The molecule has 4 atom stereocenters. The van der Waals surface area contributed by atoms with Gasteiger partial charge in [-0.05, 0) is 80.2 Å². The highest BCUT2D eigenvalue weighted by molar-refractivity contribution is 6.43. The highest BCUT2D eigenvalue weighted by Crippen LogP contribution is 2.30. The molecule has 1 fully saturated rings. The third kappa shape index (κ3) is 18.7. The van der Waals surface area contributed by atoms with E-state index in [9.17, 15) is 43.2 Å². The summed E-state index contributed by atoms with van der Waals surface area (Å²) in [6, 6.07) is 20.2. The van der Waals surface area contributed by atoms with Crippen LogP contribution in [0, 0.1) is 11.8 Å². The maximum Gasteiger partial charge on any atom is 0.307 e. The minimum atomic E-state index is -1.08. The van der Waals surface area contributed by atoms with Crippen LogP contribution < -0.4 is 25.4 Å². The van der Waals surface area contributed by atoms with Crippen molar-refractivity contribution >= 4 is 52.9 Å². The number of carboxylic acid groups (broad SMARTS) is 1. The number of aliphatic carboxylic acids is 1. The molecule has 3 aromatic carbocycles. The SMILES string of the molecule is C=CCOc1cc(C(=O)C(=O)N2CCCC[C@H]2C(=O)C[C@H](CCc2ccccc2)C(=O)NCC(=O)NC(C(=O)NC(CC(=O)N(C)CC(=O)CC/C=C/CC(=O)O)Cc2ccccc2)C(C)C)ccc1OC. The minimum absolute atomic E-state index is 0.0568. The quantitative estimate of drug-likeness (QED) is 0.0381. The number of likely N-dealkylation sites (tertiary alicyclic amines) is 1. The van der Waals surface area contributed by atoms with Crippen molar-refractivity contribution in [2.75, 3.05) is 40.4 Å². The summed E-state index contributed by atoms with van der Waals surface area (Å²) in [5.41, 5.74) is 1.82. The monoisotopic (exact) mass is 991 g/mol. The molecule has 4 N–H and O–H groups in total. The van der Waals surface area contributed by atoms with Crippen molar-refractivity contribution in [3.63, 3.8) is 0 Å². The topological polar surface area (TPSA) is 235 Å². The number of ether oxygens (including phenoxy) is 2. The van der Waals surface area contributed by atoms with Crippen LogP contribution in [0.2, 0.25) is 0 Å². The Bertz CT molecular complexity index is 2390. The van der Waals surface area contributed by atoms with Crippen LogP contribution in [-0.2, 0) is 51.2 Å². The molecular formula is C55H69N5O12. The summed E-state index contributed by atoms with van der Waals surface area (Å²) in [6.45, 7) is 6.73. The van der Waals surface area contributed by atoms with E-state index in [0.29, 0.717) is 37.9 Å². The molecule has 1 saturated heterocycles. The Kier molecular flexibility index (Phi) is 23.6. The van der Waals surface area contributed by atoms with Gasteiger partial charge in [0, 0.05) is 50.4 Å². The second-order valence-corrected chi connectivity index (χ2v) is 18.2. The first-order valence-electron chi connectivity index (χ1n) is 24.4. The highest BCUT2D eigenvalue weighted by atomic mass is 16.5. The number of nitrogens with zero attached hydrogens (tertiary/aromatic N) is 2. The molecule has 0 bridgehead atoms. The van der Waals surface area contributed by atoms with Crippen molar-refractivity contribution in [2.24, 2.45) is 11.8 Å². The van der Waals surface area contributed by atoms with Crippen molar-refractivity contribution in [3.8, 4) is 11.5 Å². The third-order valence-electron chi connectivity index (χ3n) is 12.2. The molecule has 1 aliphatic heterocycles. The molecule has 17 heteroatoms. The van der Waals surface area contributed by atoms with Gasteiger partial charge in [-0.25, -0.2) is 0 Å². The number of allylic oxidation sites excluding steroid dienone is 1. The van der Waals surface area contributed by atoms with E-state index in [4.69, 9.17) is 14.6 Å². The zero-order valence-electron chi connectivity index (χ0n) is 41.8. The van der Waals surface area contributed by atoms with E-state index < -0.39 is 83.6 Å². The summed E-state index contributed by atoms with van der Waals surface area (Å²) < 4.78 is 11.0. The van der Waals surface area contributed by atoms with Gasteiger partial charge in [-0.1, -0.05) is 99.3 Å². The lowest BCUT2D eigenvalue weighted by Gasteiger charge is -2.35. The maximum absolute atomic E-state index is 14.2. The number of methoxy groups -OCH3 is 1. The molecule has 17 nitrogen and oxygen atoms in total. The molecule has 1 heterocycles. The third-order valence-corrected chi connectivity index (χ3v) is 12.2. The molecule has 0 spiro atoms. The van der Waals surface area contributed by atoms with Crippen LogP contribution in [0.4, 0.5) is 0 Å². The van der Waals surface area contributed by atoms with E-state index in [1.807, 2.05) is 60.7 Å². The van der Waals surface area contributed by atoms with Gasteiger partial charge in [0.15, 0.2) is 23.1 Å². The first-order valence-corrected chi connectivity index (χ1v) is 24.4. The van der Waals surface area contributed by atoms with Crippen LogP contribution >= 0.6 is 0 Å². The molecule has 386 valence electrons. The average molecular weight is 992 g/mol. The summed E-state index contributed by atoms with van der Waals surface area (Å²) in [6.07, 6.45) is 6.91. The van der Waals surface area contributed by atoms with Crippen LogP contribution in [0.5, 0.6) is 11.5 Å². The van der Waals surface area contributed by atoms with Gasteiger partial charge in [-0.3, -0.25) is 43.2 Å². The number of carbonyl (C=O) groups is 9. The Balaban J connectivity index is 1.42. The first kappa shape index (κ1) is 57.2. The Morgan fingerprint density at radius 2 is 1.56 bits per heavy atom. The Morgan fingerprint density at radius 1 is 0.861 bits per heavy atom. The lowest BCUT2D eigenvalue weighted by molar-refractivity contribution is -0.139. The molecular weight excluding hydrogens is 923 g/mol. The number of hydrogen-bond acceptors (Lipinski definition) is 11. The van der Waals surface area contributed by atoms with E-state index in [-0.39, 0.29) is 75.3 Å². The van der Waals surface area contributed by atoms with Gasteiger partial charge in [0.1, 0.15) is 12.6 Å². The number of benzene rings is 3. The van der Waals surface area contributed by atoms with Gasteiger partial charge in [0.2, 0.25) is 23.6 Å². The van der Waals surface area contributed by atoms with Crippen molar-refractivity contribution in [1.82, 2.24) is 25.8 Å². The minimum Gasteiger partial charge on any atom is -0.493 e. The number of amides is 5. The second kappa shape index (κ2) is 29.7. The fraction of sp³-hybridized carbons (Fsp3) is 0.436. The molecule has 1 aliphatic rings. The molecule has 3 aromatic rings. The number of likely N-dealkylation sites (N-methyl/N-ethyl adjacent to an activating group) is 1. The lowest BCUT2D eigenvalue weighted by atomic mass is 9.88. The van der Waals surface area contributed by atoms with Crippen molar-refractivity contribution in [3.05, 3.63) is 120 Å². The van der Waals surface area contributed by atoms with Crippen molar-refractivity contribution in [2.45, 2.75) is 103 Å². The number of ketones is 3. The molecule has 72 heavy (non-hydrogen) atoms. The average Bonchev–Trinajstić information content (AvgIpc) is 3.37. The number of hydrogen-bond donors (Lipinski definition) is 4. The van der Waals surface area contributed by atoms with Gasteiger partial charge in [-0.2, -0.15) is 0 Å². The summed E-state index contributed by atoms with van der Waals surface area (Å²) in [5, 5.41) is 17.1. The smallest absolute Gasteiger partial charge is 0.307 e. The maximum atomic E-state index is 14.2. The zero-order chi connectivity index (χ0) is 52.6. The van der Waals surface area contributed by atoms with Crippen molar-refractivity contribution in [1.29, 1.82) is 0 Å². The number of carboxylic acids is 1. The number of piperidine rings is 1. The van der Waals surface area contributed by atoms with E-state index in [1.165, 1.54) is 54.3 Å². The van der Waals surface area contributed by atoms with Crippen LogP contribution in [0.15, 0.2) is 104 Å². The number of aryl methyl sites for hydroxylation is 1. The normalized spacial score (nSPS) is 14.6. The van der Waals surface area contributed by atoms with E-state index >= 15 is 0 Å². The molecule has 4 rings (SSSR count). The largest absolute Gasteiger partial charge is 0.493 e. The number of rotatable bonds is 30. The number of carbonyl (C=O) groups excluding carboxylic acids is 8. The Labute approximate surface area is 421 Å². The van der Waals surface area contributed by atoms with Gasteiger partial charge in [0.05, 0.1) is 32.7 Å². The summed E-state index contributed by atoms with van der Waals surface area (Å²) >= 11 is 0. The summed E-state index contributed by atoms with van der Waals surface area (Å²) in [4.78, 5) is 123. The highest BCUT2D eigenvalue weighted by Gasteiger charge is 2.37. The van der Waals surface area contributed by atoms with Crippen LogP contribution in [0.3, 0.4) is 0 Å². The van der Waals surface area contributed by atoms with Crippen LogP contribution in [0.1, 0.15) is 93.1 Å². The zero-order valence-corrected chi connectivity index (χ0v) is 41.8. The van der Waals surface area contributed by atoms with E-state index in [0.717, 1.165) is 11.1 Å². The van der Waals surface area contributed by atoms with Gasteiger partial charge >= 0.3 is 5.97 Å². The van der Waals surface area contributed by atoms with E-state index in [2.05, 4.69) is 22.5 Å². The predicted octanol–water partition coefficient (Wildman–Crippen LogP) is 5.25. The Morgan fingerprint density at radius 3 is 2.21 bits per heavy atom. The van der Waals surface area contributed by atoms with E-state index in [1.54, 1.807) is 19.9 Å². The van der Waals surface area contributed by atoms with Crippen LogP contribution in [-0.4, -0.2) is 126 Å². The lowest BCUT2D eigenvalue weighted by Crippen LogP contribution is -2.55.